The van der Waals surface area contributed by atoms with E-state index in [1.165, 1.54) is 6.42 Å². The summed E-state index contributed by atoms with van der Waals surface area (Å²) in [6.07, 6.45) is 3.22. The normalized spacial score (nSPS) is 12.3. The minimum absolute atomic E-state index is 0.0264. The van der Waals surface area contributed by atoms with E-state index in [1.807, 2.05) is 12.1 Å². The van der Waals surface area contributed by atoms with Crippen LogP contribution in [0, 0.1) is 5.92 Å². The number of benzene rings is 1. The van der Waals surface area contributed by atoms with E-state index in [2.05, 4.69) is 19.3 Å². The molecule has 120 valence electrons. The Hall–Kier alpha value is -1.46. The fourth-order valence-electron chi connectivity index (χ4n) is 2.46. The van der Waals surface area contributed by atoms with Crippen LogP contribution in [0.4, 0.5) is 0 Å². The van der Waals surface area contributed by atoms with Crippen LogP contribution in [-0.4, -0.2) is 21.3 Å². The molecule has 0 amide bonds. The number of nitrogens with one attached hydrogen (secondary N) is 1. The van der Waals surface area contributed by atoms with Gasteiger partial charge in [0.05, 0.1) is 21.3 Å². The molecule has 5 heteroatoms. The number of ether oxygens (including phenoxy) is 3. The van der Waals surface area contributed by atoms with Gasteiger partial charge in [-0.25, -0.2) is 0 Å². The minimum atomic E-state index is 0.0264. The molecule has 0 radical (unpaired) electrons. The smallest absolute Gasteiger partial charge is 0.203 e. The molecular formula is C16H28N2O3. The van der Waals surface area contributed by atoms with Crippen LogP contribution in [0.25, 0.3) is 0 Å². The van der Waals surface area contributed by atoms with Crippen molar-refractivity contribution in [2.45, 2.75) is 39.2 Å². The van der Waals surface area contributed by atoms with Crippen LogP contribution in [0.15, 0.2) is 12.1 Å². The molecule has 0 fully saturated rings. The van der Waals surface area contributed by atoms with Crippen molar-refractivity contribution >= 4 is 0 Å². The number of methoxy groups -OCH3 is 3. The molecule has 0 aliphatic rings. The standard InChI is InChI=1S/C16H28N2O3/c1-11(2)7-6-8-13(18-17)12-9-10-14(19-3)16(21-5)15(12)20-4/h9-11,13,18H,6-8,17H2,1-5H3. The monoisotopic (exact) mass is 296 g/mol. The Bertz CT molecular complexity index is 436. The van der Waals surface area contributed by atoms with Gasteiger partial charge in [0, 0.05) is 11.6 Å². The van der Waals surface area contributed by atoms with Crippen LogP contribution in [0.5, 0.6) is 17.2 Å². The molecule has 0 saturated carbocycles. The van der Waals surface area contributed by atoms with Gasteiger partial charge < -0.3 is 14.2 Å². The molecule has 3 N–H and O–H groups in total. The van der Waals surface area contributed by atoms with Gasteiger partial charge in [-0.1, -0.05) is 26.7 Å². The summed E-state index contributed by atoms with van der Waals surface area (Å²) >= 11 is 0. The first-order valence-electron chi connectivity index (χ1n) is 7.34. The van der Waals surface area contributed by atoms with Gasteiger partial charge in [0.2, 0.25) is 5.75 Å². The molecule has 1 aromatic rings. The van der Waals surface area contributed by atoms with Crippen LogP contribution in [0.2, 0.25) is 0 Å². The first kappa shape index (κ1) is 17.6. The van der Waals surface area contributed by atoms with Gasteiger partial charge >= 0.3 is 0 Å². The maximum atomic E-state index is 5.73. The molecule has 1 atom stereocenters. The predicted octanol–water partition coefficient (Wildman–Crippen LogP) is 3.04. The second-order valence-corrected chi connectivity index (χ2v) is 5.47. The predicted molar refractivity (Wildman–Crippen MR) is 84.9 cm³/mol. The summed E-state index contributed by atoms with van der Waals surface area (Å²) in [5.41, 5.74) is 3.87. The van der Waals surface area contributed by atoms with Gasteiger partial charge in [-0.3, -0.25) is 11.3 Å². The third kappa shape index (κ3) is 4.51. The van der Waals surface area contributed by atoms with Crippen molar-refractivity contribution in [3.8, 4) is 17.2 Å². The molecule has 0 aliphatic carbocycles. The highest BCUT2D eigenvalue weighted by molar-refractivity contribution is 5.56. The van der Waals surface area contributed by atoms with Crippen molar-refractivity contribution < 1.29 is 14.2 Å². The molecule has 1 aromatic carbocycles. The lowest BCUT2D eigenvalue weighted by atomic mass is 9.97. The molecule has 0 bridgehead atoms. The molecule has 0 aromatic heterocycles. The maximum Gasteiger partial charge on any atom is 0.203 e. The topological polar surface area (TPSA) is 65.7 Å². The van der Waals surface area contributed by atoms with Crippen LogP contribution in [0.3, 0.4) is 0 Å². The van der Waals surface area contributed by atoms with Crippen LogP contribution in [-0.2, 0) is 0 Å². The Morgan fingerprint density at radius 2 is 1.67 bits per heavy atom. The van der Waals surface area contributed by atoms with Gasteiger partial charge in [0.1, 0.15) is 0 Å². The van der Waals surface area contributed by atoms with Crippen LogP contribution < -0.4 is 25.5 Å². The lowest BCUT2D eigenvalue weighted by Crippen LogP contribution is -2.28. The largest absolute Gasteiger partial charge is 0.493 e. The molecule has 1 rings (SSSR count). The summed E-state index contributed by atoms with van der Waals surface area (Å²) in [7, 11) is 4.84. The number of hydrogen-bond donors (Lipinski definition) is 2. The Labute approximate surface area is 127 Å². The average molecular weight is 296 g/mol. The summed E-state index contributed by atoms with van der Waals surface area (Å²) in [6, 6.07) is 3.88. The zero-order valence-electron chi connectivity index (χ0n) is 13.7. The highest BCUT2D eigenvalue weighted by Gasteiger charge is 2.21. The third-order valence-corrected chi connectivity index (χ3v) is 3.59. The second-order valence-electron chi connectivity index (χ2n) is 5.47. The van der Waals surface area contributed by atoms with E-state index in [0.717, 1.165) is 18.4 Å². The molecular weight excluding hydrogens is 268 g/mol. The maximum absolute atomic E-state index is 5.73. The molecule has 0 heterocycles. The van der Waals surface area contributed by atoms with Crippen molar-refractivity contribution in [2.24, 2.45) is 11.8 Å². The quantitative estimate of drug-likeness (QED) is 0.541. The Morgan fingerprint density at radius 3 is 2.14 bits per heavy atom. The molecule has 1 unspecified atom stereocenters. The summed E-state index contributed by atoms with van der Waals surface area (Å²) in [4.78, 5) is 0. The average Bonchev–Trinajstić information content (AvgIpc) is 2.49. The Kier molecular flexibility index (Phi) is 7.32. The lowest BCUT2D eigenvalue weighted by molar-refractivity contribution is 0.317. The summed E-state index contributed by atoms with van der Waals surface area (Å²) in [6.45, 7) is 4.45. The zero-order chi connectivity index (χ0) is 15.8. The van der Waals surface area contributed by atoms with Crippen molar-refractivity contribution in [3.05, 3.63) is 17.7 Å². The van der Waals surface area contributed by atoms with Crippen molar-refractivity contribution in [3.63, 3.8) is 0 Å². The van der Waals surface area contributed by atoms with Gasteiger partial charge in [-0.15, -0.1) is 0 Å². The van der Waals surface area contributed by atoms with E-state index in [9.17, 15) is 0 Å². The fourth-order valence-corrected chi connectivity index (χ4v) is 2.46. The van der Waals surface area contributed by atoms with Crippen molar-refractivity contribution in [1.82, 2.24) is 5.43 Å². The Morgan fingerprint density at radius 1 is 1.00 bits per heavy atom. The number of hydrogen-bond acceptors (Lipinski definition) is 5. The summed E-state index contributed by atoms with van der Waals surface area (Å²) in [5.74, 6) is 8.34. The van der Waals surface area contributed by atoms with Gasteiger partial charge in [0.15, 0.2) is 11.5 Å². The molecule has 5 nitrogen and oxygen atoms in total. The van der Waals surface area contributed by atoms with Gasteiger partial charge in [-0.2, -0.15) is 0 Å². The van der Waals surface area contributed by atoms with Crippen LogP contribution in [0.1, 0.15) is 44.7 Å². The van der Waals surface area contributed by atoms with Crippen molar-refractivity contribution in [2.75, 3.05) is 21.3 Å². The SMILES string of the molecule is COc1ccc(C(CCCC(C)C)NN)c(OC)c1OC. The number of hydrazine groups is 1. The van der Waals surface area contributed by atoms with E-state index in [0.29, 0.717) is 23.2 Å². The molecule has 0 aliphatic heterocycles. The van der Waals surface area contributed by atoms with E-state index >= 15 is 0 Å². The minimum Gasteiger partial charge on any atom is -0.493 e. The highest BCUT2D eigenvalue weighted by atomic mass is 16.5. The van der Waals surface area contributed by atoms with Crippen molar-refractivity contribution in [1.29, 1.82) is 0 Å². The number of rotatable bonds is 9. The molecule has 21 heavy (non-hydrogen) atoms. The molecule has 0 spiro atoms. The van der Waals surface area contributed by atoms with Gasteiger partial charge in [-0.05, 0) is 24.5 Å². The fraction of sp³-hybridized carbons (Fsp3) is 0.625. The first-order valence-corrected chi connectivity index (χ1v) is 7.34. The zero-order valence-corrected chi connectivity index (χ0v) is 13.7. The van der Waals surface area contributed by atoms with Gasteiger partial charge in [0.25, 0.3) is 0 Å². The van der Waals surface area contributed by atoms with E-state index in [1.54, 1.807) is 21.3 Å². The third-order valence-electron chi connectivity index (χ3n) is 3.59. The second kappa shape index (κ2) is 8.74. The summed E-state index contributed by atoms with van der Waals surface area (Å²) < 4.78 is 16.2. The molecule has 0 saturated heterocycles. The summed E-state index contributed by atoms with van der Waals surface area (Å²) in [5, 5.41) is 0. The van der Waals surface area contributed by atoms with E-state index in [-0.39, 0.29) is 6.04 Å². The first-order chi connectivity index (χ1) is 10.1. The van der Waals surface area contributed by atoms with Crippen LogP contribution >= 0.6 is 0 Å². The highest BCUT2D eigenvalue weighted by Crippen LogP contribution is 2.42. The Balaban J connectivity index is 3.03. The lowest BCUT2D eigenvalue weighted by Gasteiger charge is -2.22. The van der Waals surface area contributed by atoms with E-state index < -0.39 is 0 Å². The van der Waals surface area contributed by atoms with E-state index in [4.69, 9.17) is 20.1 Å². The number of nitrogens with two attached hydrogens (primary N) is 1.